The van der Waals surface area contributed by atoms with Gasteiger partial charge in [-0.15, -0.1) is 0 Å². The number of rotatable bonds is 4. The molecule has 0 fully saturated rings. The minimum Gasteiger partial charge on any atom is -0.379 e. The number of non-ortho nitro benzene ring substituents is 1. The third kappa shape index (κ3) is 2.53. The maximum absolute atomic E-state index is 11.1. The van der Waals surface area contributed by atoms with Crippen LogP contribution >= 0.6 is 0 Å². The Morgan fingerprint density at radius 1 is 1.33 bits per heavy atom. The normalized spacial score (nSPS) is 10.7. The van der Waals surface area contributed by atoms with E-state index in [0.29, 0.717) is 11.9 Å². The third-order valence-electron chi connectivity index (χ3n) is 3.16. The summed E-state index contributed by atoms with van der Waals surface area (Å²) in [4.78, 5) is 14.8. The number of nitro benzene ring substituents is 1. The molecule has 0 aliphatic rings. The first-order valence-electron chi connectivity index (χ1n) is 6.32. The number of nitrogens with one attached hydrogen (secondary N) is 1. The van der Waals surface area contributed by atoms with Gasteiger partial charge in [-0.3, -0.25) is 15.1 Å². The molecule has 1 aromatic carbocycles. The van der Waals surface area contributed by atoms with Gasteiger partial charge in [-0.1, -0.05) is 5.16 Å². The molecule has 0 aliphatic heterocycles. The monoisotopic (exact) mass is 284 g/mol. The highest BCUT2D eigenvalue weighted by Gasteiger charge is 2.15. The molecule has 0 saturated carbocycles. The van der Waals surface area contributed by atoms with Crippen molar-refractivity contribution in [3.05, 3.63) is 58.2 Å². The molecule has 0 radical (unpaired) electrons. The van der Waals surface area contributed by atoms with Crippen molar-refractivity contribution in [3.63, 3.8) is 0 Å². The molecule has 0 aliphatic carbocycles. The molecular formula is C14H12N4O3. The Labute approximate surface area is 119 Å². The van der Waals surface area contributed by atoms with Gasteiger partial charge < -0.3 is 9.84 Å². The van der Waals surface area contributed by atoms with E-state index < -0.39 is 4.92 Å². The van der Waals surface area contributed by atoms with Crippen molar-refractivity contribution in [1.29, 1.82) is 0 Å². The van der Waals surface area contributed by atoms with Gasteiger partial charge in [0.2, 0.25) is 0 Å². The molecule has 106 valence electrons. The number of fused-ring (bicyclic) bond motifs is 1. The quantitative estimate of drug-likeness (QED) is 0.584. The second-order valence-electron chi connectivity index (χ2n) is 4.60. The Balaban J connectivity index is 2.04. The molecule has 0 spiro atoms. The van der Waals surface area contributed by atoms with Gasteiger partial charge in [0.25, 0.3) is 5.69 Å². The summed E-state index contributed by atoms with van der Waals surface area (Å²) in [6.45, 7) is 2.32. The molecule has 2 aromatic heterocycles. The van der Waals surface area contributed by atoms with Crippen LogP contribution in [0.3, 0.4) is 0 Å². The van der Waals surface area contributed by atoms with Gasteiger partial charge in [-0.05, 0) is 19.1 Å². The van der Waals surface area contributed by atoms with Gasteiger partial charge in [0.15, 0.2) is 0 Å². The zero-order chi connectivity index (χ0) is 14.8. The van der Waals surface area contributed by atoms with E-state index in [4.69, 9.17) is 4.52 Å². The van der Waals surface area contributed by atoms with Crippen molar-refractivity contribution in [3.8, 4) is 0 Å². The summed E-state index contributed by atoms with van der Waals surface area (Å²) in [7, 11) is 0. The Hall–Kier alpha value is -2.96. The second kappa shape index (κ2) is 5.20. The van der Waals surface area contributed by atoms with Gasteiger partial charge in [-0.2, -0.15) is 0 Å². The Bertz CT molecular complexity index is 799. The average molecular weight is 284 g/mol. The van der Waals surface area contributed by atoms with Crippen molar-refractivity contribution in [2.75, 3.05) is 5.32 Å². The van der Waals surface area contributed by atoms with Crippen molar-refractivity contribution in [2.24, 2.45) is 0 Å². The van der Waals surface area contributed by atoms with Crippen LogP contribution in [0.1, 0.15) is 11.4 Å². The lowest BCUT2D eigenvalue weighted by Crippen LogP contribution is -2.01. The summed E-state index contributed by atoms with van der Waals surface area (Å²) >= 11 is 0. The maximum Gasteiger partial charge on any atom is 0.278 e. The zero-order valence-corrected chi connectivity index (χ0v) is 11.2. The zero-order valence-electron chi connectivity index (χ0n) is 11.2. The van der Waals surface area contributed by atoms with Crippen LogP contribution in [0.4, 0.5) is 11.4 Å². The van der Waals surface area contributed by atoms with Crippen molar-refractivity contribution < 1.29 is 9.45 Å². The lowest BCUT2D eigenvalue weighted by Gasteiger charge is -2.09. The molecule has 3 aromatic rings. The smallest absolute Gasteiger partial charge is 0.278 e. The summed E-state index contributed by atoms with van der Waals surface area (Å²) in [6, 6.07) is 6.76. The van der Waals surface area contributed by atoms with E-state index in [1.165, 1.54) is 18.5 Å². The number of anilines is 1. The van der Waals surface area contributed by atoms with Gasteiger partial charge in [0, 0.05) is 35.1 Å². The first-order chi connectivity index (χ1) is 10.1. The van der Waals surface area contributed by atoms with Gasteiger partial charge in [0.05, 0.1) is 16.9 Å². The SMILES string of the molecule is Cc1cc2c(NCc3ccon3)ccc([N+](=O)[O-])c2cn1. The van der Waals surface area contributed by atoms with Crippen LogP contribution in [-0.2, 0) is 6.54 Å². The van der Waals surface area contributed by atoms with E-state index in [-0.39, 0.29) is 5.69 Å². The van der Waals surface area contributed by atoms with E-state index in [1.807, 2.05) is 13.0 Å². The number of nitro groups is 1. The largest absolute Gasteiger partial charge is 0.379 e. The predicted molar refractivity (Wildman–Crippen MR) is 77.0 cm³/mol. The molecule has 0 unspecified atom stereocenters. The fourth-order valence-electron chi connectivity index (χ4n) is 2.16. The molecule has 0 bridgehead atoms. The Morgan fingerprint density at radius 3 is 2.90 bits per heavy atom. The maximum atomic E-state index is 11.1. The molecule has 2 heterocycles. The molecule has 7 heteroatoms. The van der Waals surface area contributed by atoms with Crippen molar-refractivity contribution in [1.82, 2.24) is 10.1 Å². The van der Waals surface area contributed by atoms with E-state index >= 15 is 0 Å². The summed E-state index contributed by atoms with van der Waals surface area (Å²) in [6.07, 6.45) is 3.03. The number of benzene rings is 1. The standard InChI is InChI=1S/C14H12N4O3/c1-9-6-11-12(8-15-9)14(18(19)20)3-2-13(11)16-7-10-4-5-21-17-10/h2-6,8,16H,7H2,1H3. The molecule has 3 rings (SSSR count). The number of pyridine rings is 1. The second-order valence-corrected chi connectivity index (χ2v) is 4.60. The van der Waals surface area contributed by atoms with Gasteiger partial charge >= 0.3 is 0 Å². The van der Waals surface area contributed by atoms with E-state index in [2.05, 4.69) is 15.5 Å². The minimum absolute atomic E-state index is 0.0458. The van der Waals surface area contributed by atoms with Crippen LogP contribution in [0.2, 0.25) is 0 Å². The van der Waals surface area contributed by atoms with Gasteiger partial charge in [0.1, 0.15) is 12.0 Å². The fourth-order valence-corrected chi connectivity index (χ4v) is 2.16. The van der Waals surface area contributed by atoms with E-state index in [1.54, 1.807) is 12.1 Å². The van der Waals surface area contributed by atoms with E-state index in [9.17, 15) is 10.1 Å². The highest BCUT2D eigenvalue weighted by atomic mass is 16.6. The molecule has 0 atom stereocenters. The van der Waals surface area contributed by atoms with Crippen LogP contribution in [-0.4, -0.2) is 15.1 Å². The lowest BCUT2D eigenvalue weighted by atomic mass is 10.1. The van der Waals surface area contributed by atoms with Crippen LogP contribution in [0, 0.1) is 17.0 Å². The average Bonchev–Trinajstić information content (AvgIpc) is 2.97. The molecule has 7 nitrogen and oxygen atoms in total. The van der Waals surface area contributed by atoms with Gasteiger partial charge in [-0.25, -0.2) is 0 Å². The third-order valence-corrected chi connectivity index (χ3v) is 3.16. The Morgan fingerprint density at radius 2 is 2.19 bits per heavy atom. The molecule has 0 saturated heterocycles. The molecule has 21 heavy (non-hydrogen) atoms. The first kappa shape index (κ1) is 13.0. The summed E-state index contributed by atoms with van der Waals surface area (Å²) < 4.78 is 4.77. The van der Waals surface area contributed by atoms with Crippen LogP contribution in [0.15, 0.2) is 41.2 Å². The molecule has 1 N–H and O–H groups in total. The number of nitrogens with zero attached hydrogens (tertiary/aromatic N) is 3. The first-order valence-corrected chi connectivity index (χ1v) is 6.32. The van der Waals surface area contributed by atoms with E-state index in [0.717, 1.165) is 22.5 Å². The fraction of sp³-hybridized carbons (Fsp3) is 0.143. The highest BCUT2D eigenvalue weighted by Crippen LogP contribution is 2.31. The summed E-state index contributed by atoms with van der Waals surface area (Å²) in [5, 5.41) is 19.4. The van der Waals surface area contributed by atoms with Crippen molar-refractivity contribution in [2.45, 2.75) is 13.5 Å². The van der Waals surface area contributed by atoms with Crippen LogP contribution < -0.4 is 5.32 Å². The number of hydrogen-bond acceptors (Lipinski definition) is 6. The number of aryl methyl sites for hydroxylation is 1. The lowest BCUT2D eigenvalue weighted by molar-refractivity contribution is -0.383. The minimum atomic E-state index is -0.402. The van der Waals surface area contributed by atoms with Crippen LogP contribution in [0.5, 0.6) is 0 Å². The predicted octanol–water partition coefficient (Wildman–Crippen LogP) is 3.05. The number of aromatic nitrogens is 2. The Kier molecular flexibility index (Phi) is 3.23. The van der Waals surface area contributed by atoms with Crippen molar-refractivity contribution >= 4 is 22.1 Å². The molecule has 0 amide bonds. The molecular weight excluding hydrogens is 272 g/mol. The van der Waals surface area contributed by atoms with Crippen LogP contribution in [0.25, 0.3) is 10.8 Å². The summed E-state index contributed by atoms with van der Waals surface area (Å²) in [5.74, 6) is 0. The number of hydrogen-bond donors (Lipinski definition) is 1. The summed E-state index contributed by atoms with van der Waals surface area (Å²) in [5.41, 5.74) is 2.40. The highest BCUT2D eigenvalue weighted by molar-refractivity contribution is 5.99. The topological polar surface area (TPSA) is 94.1 Å².